The lowest BCUT2D eigenvalue weighted by Crippen LogP contribution is -2.37. The van der Waals surface area contributed by atoms with Crippen LogP contribution in [0.4, 0.5) is 0 Å². The van der Waals surface area contributed by atoms with E-state index in [0.29, 0.717) is 6.54 Å². The molecule has 19 heavy (non-hydrogen) atoms. The molecule has 0 aliphatic heterocycles. The molecule has 1 rings (SSSR count). The number of hydrogen-bond acceptors (Lipinski definition) is 4. The Kier molecular flexibility index (Phi) is 5.63. The summed E-state index contributed by atoms with van der Waals surface area (Å²) in [4.78, 5) is 2.11. The second-order valence-electron chi connectivity index (χ2n) is 5.48. The fourth-order valence-corrected chi connectivity index (χ4v) is 2.11. The fourth-order valence-electron chi connectivity index (χ4n) is 2.11. The van der Waals surface area contributed by atoms with Crippen molar-refractivity contribution in [2.45, 2.75) is 25.9 Å². The van der Waals surface area contributed by atoms with Crippen molar-refractivity contribution in [2.75, 3.05) is 34.4 Å². The molecule has 1 N–H and O–H groups in total. The number of nitrogens with zero attached hydrogens (tertiary/aromatic N) is 1. The van der Waals surface area contributed by atoms with E-state index in [1.54, 1.807) is 14.2 Å². The first kappa shape index (κ1) is 15.8. The number of likely N-dealkylation sites (N-methyl/N-ethyl adjacent to an activating group) is 1. The molecule has 0 aliphatic rings. The quantitative estimate of drug-likeness (QED) is 0.820. The first-order valence-corrected chi connectivity index (χ1v) is 6.47. The Bertz CT molecular complexity index is 399. The average Bonchev–Trinajstić information content (AvgIpc) is 2.34. The highest BCUT2D eigenvalue weighted by atomic mass is 16.5. The molecule has 1 aromatic rings. The van der Waals surface area contributed by atoms with Crippen LogP contribution in [-0.4, -0.2) is 50.0 Å². The minimum atomic E-state index is -0.668. The molecule has 0 saturated carbocycles. The number of aliphatic hydroxyl groups is 1. The second-order valence-corrected chi connectivity index (χ2v) is 5.48. The van der Waals surface area contributed by atoms with Crippen LogP contribution >= 0.6 is 0 Å². The van der Waals surface area contributed by atoms with Gasteiger partial charge in [0.25, 0.3) is 0 Å². The van der Waals surface area contributed by atoms with Gasteiger partial charge in [0.2, 0.25) is 0 Å². The summed E-state index contributed by atoms with van der Waals surface area (Å²) in [6.07, 6.45) is 0.875. The third kappa shape index (κ3) is 5.49. The zero-order valence-electron chi connectivity index (χ0n) is 12.6. The molecule has 0 atom stereocenters. The van der Waals surface area contributed by atoms with Crippen LogP contribution < -0.4 is 9.47 Å². The van der Waals surface area contributed by atoms with Crippen LogP contribution in [0.15, 0.2) is 18.2 Å². The van der Waals surface area contributed by atoms with Gasteiger partial charge < -0.3 is 19.5 Å². The molecule has 0 saturated heterocycles. The van der Waals surface area contributed by atoms with E-state index < -0.39 is 5.60 Å². The highest BCUT2D eigenvalue weighted by Gasteiger charge is 2.15. The number of benzene rings is 1. The molecular formula is C15H25NO3. The number of methoxy groups -OCH3 is 2. The molecule has 0 aliphatic carbocycles. The Morgan fingerprint density at radius 2 is 1.89 bits per heavy atom. The van der Waals surface area contributed by atoms with Gasteiger partial charge in [-0.1, -0.05) is 6.07 Å². The van der Waals surface area contributed by atoms with E-state index in [4.69, 9.17) is 9.47 Å². The van der Waals surface area contributed by atoms with Gasteiger partial charge in [0, 0.05) is 19.2 Å². The number of hydrogen-bond donors (Lipinski definition) is 1. The highest BCUT2D eigenvalue weighted by Crippen LogP contribution is 2.25. The second kappa shape index (κ2) is 6.78. The minimum absolute atomic E-state index is 0.644. The van der Waals surface area contributed by atoms with E-state index in [9.17, 15) is 5.11 Å². The molecule has 0 amide bonds. The first-order chi connectivity index (χ1) is 8.85. The van der Waals surface area contributed by atoms with E-state index in [1.807, 2.05) is 39.1 Å². The maximum Gasteiger partial charge on any atom is 0.125 e. The molecule has 0 heterocycles. The van der Waals surface area contributed by atoms with Gasteiger partial charge in [-0.05, 0) is 38.9 Å². The summed E-state index contributed by atoms with van der Waals surface area (Å²) in [6, 6.07) is 5.86. The predicted molar refractivity (Wildman–Crippen MR) is 77.0 cm³/mol. The standard InChI is InChI=1S/C15H25NO3/c1-15(2,17)11-16(3)9-8-12-6-7-13(18-4)10-14(12)19-5/h6-7,10,17H,8-9,11H2,1-5H3. The molecule has 1 aromatic carbocycles. The van der Waals surface area contributed by atoms with Gasteiger partial charge in [0.05, 0.1) is 19.8 Å². The van der Waals surface area contributed by atoms with Gasteiger partial charge in [0.15, 0.2) is 0 Å². The predicted octanol–water partition coefficient (Wildman–Crippen LogP) is 1.95. The van der Waals surface area contributed by atoms with Gasteiger partial charge in [-0.15, -0.1) is 0 Å². The van der Waals surface area contributed by atoms with Crippen molar-refractivity contribution in [3.63, 3.8) is 0 Å². The van der Waals surface area contributed by atoms with Crippen molar-refractivity contribution < 1.29 is 14.6 Å². The van der Waals surface area contributed by atoms with Crippen molar-refractivity contribution in [1.82, 2.24) is 4.90 Å². The van der Waals surface area contributed by atoms with E-state index in [-0.39, 0.29) is 0 Å². The minimum Gasteiger partial charge on any atom is -0.497 e. The molecule has 4 nitrogen and oxygen atoms in total. The normalized spacial score (nSPS) is 11.7. The van der Waals surface area contributed by atoms with Crippen LogP contribution in [0, 0.1) is 0 Å². The van der Waals surface area contributed by atoms with Gasteiger partial charge in [-0.2, -0.15) is 0 Å². The summed E-state index contributed by atoms with van der Waals surface area (Å²) in [7, 11) is 5.32. The van der Waals surface area contributed by atoms with Gasteiger partial charge in [-0.25, -0.2) is 0 Å². The Morgan fingerprint density at radius 1 is 1.21 bits per heavy atom. The summed E-state index contributed by atoms with van der Waals surface area (Å²) < 4.78 is 10.6. The fraction of sp³-hybridized carbons (Fsp3) is 0.600. The van der Waals surface area contributed by atoms with E-state index in [2.05, 4.69) is 4.90 Å². The monoisotopic (exact) mass is 267 g/mol. The maximum atomic E-state index is 9.77. The Balaban J connectivity index is 2.62. The van der Waals surface area contributed by atoms with Crippen molar-refractivity contribution in [3.8, 4) is 11.5 Å². The summed E-state index contributed by atoms with van der Waals surface area (Å²) in [5.74, 6) is 1.64. The topological polar surface area (TPSA) is 41.9 Å². The van der Waals surface area contributed by atoms with Crippen molar-refractivity contribution >= 4 is 0 Å². The zero-order valence-corrected chi connectivity index (χ0v) is 12.6. The van der Waals surface area contributed by atoms with Gasteiger partial charge in [0.1, 0.15) is 11.5 Å². The van der Waals surface area contributed by atoms with Gasteiger partial charge in [-0.3, -0.25) is 0 Å². The number of rotatable bonds is 7. The van der Waals surface area contributed by atoms with Crippen LogP contribution in [0.2, 0.25) is 0 Å². The van der Waals surface area contributed by atoms with Crippen LogP contribution in [0.5, 0.6) is 11.5 Å². The molecule has 4 heteroatoms. The lowest BCUT2D eigenvalue weighted by molar-refractivity contribution is 0.0449. The molecular weight excluding hydrogens is 242 g/mol. The van der Waals surface area contributed by atoms with Gasteiger partial charge >= 0.3 is 0 Å². The van der Waals surface area contributed by atoms with E-state index in [0.717, 1.165) is 30.0 Å². The zero-order chi connectivity index (χ0) is 14.5. The third-order valence-electron chi connectivity index (χ3n) is 2.91. The maximum absolute atomic E-state index is 9.77. The lowest BCUT2D eigenvalue weighted by atomic mass is 10.1. The highest BCUT2D eigenvalue weighted by molar-refractivity contribution is 5.40. The molecule has 108 valence electrons. The van der Waals surface area contributed by atoms with E-state index >= 15 is 0 Å². The molecule has 0 radical (unpaired) electrons. The Labute approximate surface area is 115 Å². The number of ether oxygens (including phenoxy) is 2. The largest absolute Gasteiger partial charge is 0.497 e. The van der Waals surface area contributed by atoms with E-state index in [1.165, 1.54) is 0 Å². The summed E-state index contributed by atoms with van der Waals surface area (Å²) in [6.45, 7) is 5.15. The SMILES string of the molecule is COc1ccc(CCN(C)CC(C)(C)O)c(OC)c1. The smallest absolute Gasteiger partial charge is 0.125 e. The Morgan fingerprint density at radius 3 is 2.42 bits per heavy atom. The summed E-state index contributed by atoms with van der Waals surface area (Å²) in [5, 5.41) is 9.77. The molecule has 0 bridgehead atoms. The van der Waals surface area contributed by atoms with Crippen molar-refractivity contribution in [1.29, 1.82) is 0 Å². The van der Waals surface area contributed by atoms with Crippen LogP contribution in [0.1, 0.15) is 19.4 Å². The lowest BCUT2D eigenvalue weighted by Gasteiger charge is -2.25. The van der Waals surface area contributed by atoms with Crippen LogP contribution in [0.25, 0.3) is 0 Å². The molecule has 0 unspecified atom stereocenters. The van der Waals surface area contributed by atoms with Crippen LogP contribution in [-0.2, 0) is 6.42 Å². The summed E-state index contributed by atoms with van der Waals surface area (Å²) in [5.41, 5.74) is 0.476. The Hall–Kier alpha value is -1.26. The molecule has 0 aromatic heterocycles. The van der Waals surface area contributed by atoms with Crippen molar-refractivity contribution in [2.24, 2.45) is 0 Å². The average molecular weight is 267 g/mol. The first-order valence-electron chi connectivity index (χ1n) is 6.47. The van der Waals surface area contributed by atoms with Crippen molar-refractivity contribution in [3.05, 3.63) is 23.8 Å². The summed E-state index contributed by atoms with van der Waals surface area (Å²) >= 11 is 0. The molecule has 0 spiro atoms. The third-order valence-corrected chi connectivity index (χ3v) is 2.91. The molecule has 0 fully saturated rings. The van der Waals surface area contributed by atoms with Crippen LogP contribution in [0.3, 0.4) is 0 Å².